The second-order valence-electron chi connectivity index (χ2n) is 5.30. The molecule has 0 unspecified atom stereocenters. The molecule has 0 saturated heterocycles. The van der Waals surface area contributed by atoms with E-state index >= 15 is 0 Å². The van der Waals surface area contributed by atoms with Gasteiger partial charge in [0.05, 0.1) is 0 Å². The summed E-state index contributed by atoms with van der Waals surface area (Å²) in [6.07, 6.45) is 3.70. The van der Waals surface area contributed by atoms with Crippen LogP contribution < -0.4 is 0 Å². The van der Waals surface area contributed by atoms with E-state index in [-0.39, 0.29) is 0 Å². The van der Waals surface area contributed by atoms with E-state index in [1.807, 2.05) is 0 Å². The summed E-state index contributed by atoms with van der Waals surface area (Å²) in [5.74, 6) is 1.68. The molecule has 0 aromatic heterocycles. The Kier molecular flexibility index (Phi) is 3.65. The molecule has 1 N–H and O–H groups in total. The van der Waals surface area contributed by atoms with Gasteiger partial charge in [0, 0.05) is 6.61 Å². The first kappa shape index (κ1) is 11.7. The minimum atomic E-state index is 0.344. The fourth-order valence-electron chi connectivity index (χ4n) is 2.82. The zero-order valence-electron chi connectivity index (χ0n) is 10.3. The van der Waals surface area contributed by atoms with Crippen molar-refractivity contribution in [2.24, 2.45) is 5.92 Å². The van der Waals surface area contributed by atoms with Gasteiger partial charge in [-0.15, -0.1) is 0 Å². The van der Waals surface area contributed by atoms with Crippen LogP contribution in [0.4, 0.5) is 0 Å². The van der Waals surface area contributed by atoms with E-state index in [4.69, 9.17) is 0 Å². The molecule has 1 aromatic carbocycles. The third kappa shape index (κ3) is 2.30. The van der Waals surface area contributed by atoms with Gasteiger partial charge in [-0.1, -0.05) is 44.5 Å². The van der Waals surface area contributed by atoms with E-state index in [0.29, 0.717) is 24.4 Å². The molecule has 1 aliphatic carbocycles. The van der Waals surface area contributed by atoms with Gasteiger partial charge in [0.25, 0.3) is 0 Å². The SMILES string of the molecule is CC(C)c1ccc([C@H]2CCC[C@@H]2CO)cc1. The molecule has 0 aliphatic heterocycles. The van der Waals surface area contributed by atoms with Crippen molar-refractivity contribution in [2.75, 3.05) is 6.61 Å². The van der Waals surface area contributed by atoms with E-state index in [9.17, 15) is 5.11 Å². The Morgan fingerprint density at radius 1 is 1.19 bits per heavy atom. The smallest absolute Gasteiger partial charge is 0.0465 e. The fraction of sp³-hybridized carbons (Fsp3) is 0.600. The molecule has 1 saturated carbocycles. The number of aliphatic hydroxyl groups is 1. The summed E-state index contributed by atoms with van der Waals surface area (Å²) < 4.78 is 0. The van der Waals surface area contributed by atoms with Crippen LogP contribution in [0.5, 0.6) is 0 Å². The predicted molar refractivity (Wildman–Crippen MR) is 67.7 cm³/mol. The number of benzene rings is 1. The van der Waals surface area contributed by atoms with Crippen LogP contribution in [-0.2, 0) is 0 Å². The Morgan fingerprint density at radius 3 is 2.44 bits per heavy atom. The van der Waals surface area contributed by atoms with Crippen molar-refractivity contribution in [3.8, 4) is 0 Å². The van der Waals surface area contributed by atoms with Gasteiger partial charge in [-0.2, -0.15) is 0 Å². The standard InChI is InChI=1S/C15H22O/c1-11(2)12-6-8-13(9-7-12)15-5-3-4-14(15)10-16/h6-9,11,14-16H,3-5,10H2,1-2H3/t14-,15-/m1/s1. The summed E-state index contributed by atoms with van der Waals surface area (Å²) in [6.45, 7) is 4.79. The van der Waals surface area contributed by atoms with E-state index in [0.717, 1.165) is 0 Å². The van der Waals surface area contributed by atoms with Crippen molar-refractivity contribution >= 4 is 0 Å². The Balaban J connectivity index is 2.15. The molecule has 0 spiro atoms. The quantitative estimate of drug-likeness (QED) is 0.820. The molecule has 88 valence electrons. The summed E-state index contributed by atoms with van der Waals surface area (Å²) in [7, 11) is 0. The Hall–Kier alpha value is -0.820. The number of rotatable bonds is 3. The molecule has 2 atom stereocenters. The Morgan fingerprint density at radius 2 is 1.88 bits per heavy atom. The summed E-state index contributed by atoms with van der Waals surface area (Å²) in [6, 6.07) is 9.00. The summed E-state index contributed by atoms with van der Waals surface area (Å²) in [5.41, 5.74) is 2.82. The van der Waals surface area contributed by atoms with Gasteiger partial charge in [-0.3, -0.25) is 0 Å². The van der Waals surface area contributed by atoms with Crippen LogP contribution in [0, 0.1) is 5.92 Å². The van der Waals surface area contributed by atoms with Gasteiger partial charge in [0.15, 0.2) is 0 Å². The lowest BCUT2D eigenvalue weighted by atomic mass is 9.88. The van der Waals surface area contributed by atoms with Gasteiger partial charge in [-0.05, 0) is 41.7 Å². The third-order valence-electron chi connectivity index (χ3n) is 3.92. The number of hydrogen-bond donors (Lipinski definition) is 1. The second kappa shape index (κ2) is 5.01. The molecule has 0 bridgehead atoms. The minimum Gasteiger partial charge on any atom is -0.396 e. The van der Waals surface area contributed by atoms with E-state index < -0.39 is 0 Å². The normalized spacial score (nSPS) is 25.2. The zero-order chi connectivity index (χ0) is 11.5. The predicted octanol–water partition coefficient (Wildman–Crippen LogP) is 3.69. The van der Waals surface area contributed by atoms with Crippen molar-refractivity contribution in [3.63, 3.8) is 0 Å². The first-order valence-electron chi connectivity index (χ1n) is 6.43. The van der Waals surface area contributed by atoms with Crippen molar-refractivity contribution in [3.05, 3.63) is 35.4 Å². The van der Waals surface area contributed by atoms with Crippen LogP contribution in [0.25, 0.3) is 0 Å². The van der Waals surface area contributed by atoms with Gasteiger partial charge in [-0.25, -0.2) is 0 Å². The molecule has 1 fully saturated rings. The molecule has 1 aromatic rings. The molecule has 0 radical (unpaired) electrons. The van der Waals surface area contributed by atoms with Crippen LogP contribution >= 0.6 is 0 Å². The average Bonchev–Trinajstić information content (AvgIpc) is 2.77. The molecule has 16 heavy (non-hydrogen) atoms. The zero-order valence-corrected chi connectivity index (χ0v) is 10.3. The molecule has 0 amide bonds. The van der Waals surface area contributed by atoms with Crippen molar-refractivity contribution in [2.45, 2.75) is 44.9 Å². The van der Waals surface area contributed by atoms with Crippen molar-refractivity contribution < 1.29 is 5.11 Å². The average molecular weight is 218 g/mol. The van der Waals surface area contributed by atoms with Crippen molar-refractivity contribution in [1.29, 1.82) is 0 Å². The number of aliphatic hydroxyl groups excluding tert-OH is 1. The largest absolute Gasteiger partial charge is 0.396 e. The summed E-state index contributed by atoms with van der Waals surface area (Å²) in [4.78, 5) is 0. The molecule has 1 nitrogen and oxygen atoms in total. The maximum absolute atomic E-state index is 9.34. The molecular formula is C15H22O. The van der Waals surface area contributed by atoms with Crippen LogP contribution in [0.2, 0.25) is 0 Å². The van der Waals surface area contributed by atoms with Gasteiger partial charge in [0.1, 0.15) is 0 Å². The Labute approximate surface area is 98.5 Å². The van der Waals surface area contributed by atoms with E-state index in [1.54, 1.807) is 0 Å². The number of hydrogen-bond acceptors (Lipinski definition) is 1. The van der Waals surface area contributed by atoms with Gasteiger partial charge in [0.2, 0.25) is 0 Å². The maximum Gasteiger partial charge on any atom is 0.0465 e. The lowest BCUT2D eigenvalue weighted by Crippen LogP contribution is -2.10. The van der Waals surface area contributed by atoms with Crippen LogP contribution in [0.3, 0.4) is 0 Å². The highest BCUT2D eigenvalue weighted by Gasteiger charge is 2.27. The first-order valence-corrected chi connectivity index (χ1v) is 6.43. The van der Waals surface area contributed by atoms with Gasteiger partial charge < -0.3 is 5.11 Å². The lowest BCUT2D eigenvalue weighted by molar-refractivity contribution is 0.217. The van der Waals surface area contributed by atoms with E-state index in [1.165, 1.54) is 30.4 Å². The lowest BCUT2D eigenvalue weighted by Gasteiger charge is -2.18. The summed E-state index contributed by atoms with van der Waals surface area (Å²) in [5, 5.41) is 9.34. The van der Waals surface area contributed by atoms with Crippen LogP contribution in [-0.4, -0.2) is 11.7 Å². The highest BCUT2D eigenvalue weighted by molar-refractivity contribution is 5.28. The van der Waals surface area contributed by atoms with Crippen molar-refractivity contribution in [1.82, 2.24) is 0 Å². The molecular weight excluding hydrogens is 196 g/mol. The maximum atomic E-state index is 9.34. The first-order chi connectivity index (χ1) is 7.72. The summed E-state index contributed by atoms with van der Waals surface area (Å²) >= 11 is 0. The van der Waals surface area contributed by atoms with E-state index in [2.05, 4.69) is 38.1 Å². The topological polar surface area (TPSA) is 20.2 Å². The highest BCUT2D eigenvalue weighted by atomic mass is 16.3. The van der Waals surface area contributed by atoms with Gasteiger partial charge >= 0.3 is 0 Å². The van der Waals surface area contributed by atoms with Crippen LogP contribution in [0.1, 0.15) is 56.1 Å². The molecule has 1 aliphatic rings. The highest BCUT2D eigenvalue weighted by Crippen LogP contribution is 2.39. The van der Waals surface area contributed by atoms with Crippen LogP contribution in [0.15, 0.2) is 24.3 Å². The molecule has 1 heteroatoms. The molecule has 2 rings (SSSR count). The Bertz CT molecular complexity index is 326. The fourth-order valence-corrected chi connectivity index (χ4v) is 2.82. The minimum absolute atomic E-state index is 0.344. The monoisotopic (exact) mass is 218 g/mol. The second-order valence-corrected chi connectivity index (χ2v) is 5.30. The third-order valence-corrected chi connectivity index (χ3v) is 3.92. The molecule has 0 heterocycles.